The summed E-state index contributed by atoms with van der Waals surface area (Å²) in [5, 5.41) is 2.54. The van der Waals surface area contributed by atoms with Gasteiger partial charge in [-0.3, -0.25) is 0 Å². The standard InChI is InChI=1S/C54H36N2S/c1-54(40-19-9-4-10-20-40)46-25-14-22-41(36-15-5-2-6-16-36)51(46)44-32-31-39(33-47(44)54)35-27-29-37(30-28-35)48-34-49(56-53(55-48)38-17-7-3-8-18-38)45-24-13-23-43-42-21-11-12-26-50(42)57-52(43)45/h2-34H,1H3. The number of benzene rings is 8. The molecule has 1 unspecified atom stereocenters. The van der Waals surface area contributed by atoms with E-state index in [1.54, 1.807) is 0 Å². The molecule has 3 heteroatoms. The van der Waals surface area contributed by atoms with Crippen LogP contribution < -0.4 is 0 Å². The minimum absolute atomic E-state index is 0.310. The van der Waals surface area contributed by atoms with Gasteiger partial charge in [0.2, 0.25) is 0 Å². The van der Waals surface area contributed by atoms with Crippen LogP contribution in [0, 0.1) is 0 Å². The van der Waals surface area contributed by atoms with E-state index in [2.05, 4.69) is 189 Å². The van der Waals surface area contributed by atoms with Crippen molar-refractivity contribution >= 4 is 31.5 Å². The number of hydrogen-bond acceptors (Lipinski definition) is 3. The molecule has 0 N–H and O–H groups in total. The van der Waals surface area contributed by atoms with Gasteiger partial charge in [0, 0.05) is 42.3 Å². The number of fused-ring (bicyclic) bond motifs is 6. The zero-order valence-electron chi connectivity index (χ0n) is 31.4. The minimum Gasteiger partial charge on any atom is -0.228 e. The number of nitrogens with zero attached hydrogens (tertiary/aromatic N) is 2. The van der Waals surface area contributed by atoms with Crippen molar-refractivity contribution in [2.75, 3.05) is 0 Å². The summed E-state index contributed by atoms with van der Waals surface area (Å²) in [7, 11) is 0. The summed E-state index contributed by atoms with van der Waals surface area (Å²) in [6, 6.07) is 72.2. The number of hydrogen-bond donors (Lipinski definition) is 0. The van der Waals surface area contributed by atoms with E-state index < -0.39 is 0 Å². The van der Waals surface area contributed by atoms with Crippen molar-refractivity contribution in [3.05, 3.63) is 217 Å². The van der Waals surface area contributed by atoms with E-state index in [0.717, 1.165) is 33.9 Å². The molecule has 8 aromatic carbocycles. The highest BCUT2D eigenvalue weighted by Crippen LogP contribution is 2.56. The maximum Gasteiger partial charge on any atom is 0.160 e. The fourth-order valence-electron chi connectivity index (χ4n) is 8.93. The summed E-state index contributed by atoms with van der Waals surface area (Å²) in [5.74, 6) is 0.721. The van der Waals surface area contributed by atoms with Gasteiger partial charge in [-0.2, -0.15) is 0 Å². The van der Waals surface area contributed by atoms with Crippen LogP contribution in [-0.4, -0.2) is 9.97 Å². The fraction of sp³-hybridized carbons (Fsp3) is 0.0370. The molecule has 11 rings (SSSR count). The average molecular weight is 745 g/mol. The smallest absolute Gasteiger partial charge is 0.160 e. The van der Waals surface area contributed by atoms with Gasteiger partial charge in [-0.1, -0.05) is 182 Å². The molecule has 1 aliphatic carbocycles. The summed E-state index contributed by atoms with van der Waals surface area (Å²) in [6.07, 6.45) is 0. The van der Waals surface area contributed by atoms with E-state index >= 15 is 0 Å². The van der Waals surface area contributed by atoms with Gasteiger partial charge >= 0.3 is 0 Å². The minimum atomic E-state index is -0.310. The van der Waals surface area contributed by atoms with Crippen molar-refractivity contribution in [2.45, 2.75) is 12.3 Å². The van der Waals surface area contributed by atoms with Crippen molar-refractivity contribution in [1.82, 2.24) is 9.97 Å². The van der Waals surface area contributed by atoms with Crippen LogP contribution in [0.3, 0.4) is 0 Å². The van der Waals surface area contributed by atoms with E-state index in [1.807, 2.05) is 29.5 Å². The van der Waals surface area contributed by atoms with Crippen LogP contribution in [0.5, 0.6) is 0 Å². The van der Waals surface area contributed by atoms with Crippen molar-refractivity contribution in [2.24, 2.45) is 0 Å². The van der Waals surface area contributed by atoms with Gasteiger partial charge in [0.25, 0.3) is 0 Å². The van der Waals surface area contributed by atoms with Crippen molar-refractivity contribution < 1.29 is 0 Å². The molecule has 1 atom stereocenters. The lowest BCUT2D eigenvalue weighted by Crippen LogP contribution is -2.22. The Balaban J connectivity index is 1.02. The highest BCUT2D eigenvalue weighted by molar-refractivity contribution is 7.26. The highest BCUT2D eigenvalue weighted by Gasteiger charge is 2.42. The predicted molar refractivity (Wildman–Crippen MR) is 240 cm³/mol. The zero-order valence-corrected chi connectivity index (χ0v) is 32.2. The van der Waals surface area contributed by atoms with E-state index in [9.17, 15) is 0 Å². The molecule has 0 amide bonds. The molecule has 0 saturated carbocycles. The molecule has 0 aliphatic heterocycles. The third-order valence-electron chi connectivity index (χ3n) is 11.8. The molecule has 0 bridgehead atoms. The molecule has 0 radical (unpaired) electrons. The third-order valence-corrected chi connectivity index (χ3v) is 13.0. The molecule has 0 saturated heterocycles. The van der Waals surface area contributed by atoms with Crippen LogP contribution in [0.4, 0.5) is 0 Å². The van der Waals surface area contributed by atoms with Crippen molar-refractivity contribution in [1.29, 1.82) is 0 Å². The molecule has 2 aromatic heterocycles. The van der Waals surface area contributed by atoms with Crippen LogP contribution in [-0.2, 0) is 5.41 Å². The van der Waals surface area contributed by atoms with Crippen LogP contribution in [0.25, 0.3) is 87.5 Å². The first kappa shape index (κ1) is 33.4. The first-order valence-electron chi connectivity index (χ1n) is 19.5. The first-order chi connectivity index (χ1) is 28.1. The van der Waals surface area contributed by atoms with Crippen LogP contribution >= 0.6 is 11.3 Å². The molecule has 57 heavy (non-hydrogen) atoms. The van der Waals surface area contributed by atoms with Gasteiger partial charge in [-0.25, -0.2) is 9.97 Å². The molecule has 2 nitrogen and oxygen atoms in total. The molecule has 2 heterocycles. The Morgan fingerprint density at radius 2 is 1.02 bits per heavy atom. The molecular weight excluding hydrogens is 709 g/mol. The third kappa shape index (κ3) is 5.46. The van der Waals surface area contributed by atoms with E-state index in [1.165, 1.54) is 70.2 Å². The van der Waals surface area contributed by atoms with Gasteiger partial charge in [-0.15, -0.1) is 11.3 Å². The monoisotopic (exact) mass is 744 g/mol. The predicted octanol–water partition coefficient (Wildman–Crippen LogP) is 14.5. The molecule has 10 aromatic rings. The second-order valence-electron chi connectivity index (χ2n) is 15.0. The second-order valence-corrected chi connectivity index (χ2v) is 16.1. The molecular formula is C54H36N2S. The Labute approximate surface area is 336 Å². The van der Waals surface area contributed by atoms with Crippen LogP contribution in [0.2, 0.25) is 0 Å². The summed E-state index contributed by atoms with van der Waals surface area (Å²) < 4.78 is 2.53. The van der Waals surface area contributed by atoms with E-state index in [0.29, 0.717) is 0 Å². The summed E-state index contributed by atoms with van der Waals surface area (Å²) in [5.41, 5.74) is 16.2. The Hall–Kier alpha value is -6.94. The van der Waals surface area contributed by atoms with Gasteiger partial charge in [-0.05, 0) is 75.2 Å². The molecule has 1 aliphatic rings. The van der Waals surface area contributed by atoms with E-state index in [4.69, 9.17) is 9.97 Å². The maximum atomic E-state index is 5.19. The Bertz CT molecular complexity index is 3110. The summed E-state index contributed by atoms with van der Waals surface area (Å²) in [4.78, 5) is 10.4. The molecule has 0 fully saturated rings. The normalized spacial score (nSPS) is 14.5. The molecule has 268 valence electrons. The SMILES string of the molecule is CC1(c2ccccc2)c2cc(-c3ccc(-c4cc(-c5cccc6c5sc5ccccc56)nc(-c5ccccc5)n4)cc3)ccc2-c2c(-c3ccccc3)cccc21. The summed E-state index contributed by atoms with van der Waals surface area (Å²) in [6.45, 7) is 2.39. The maximum absolute atomic E-state index is 5.19. The summed E-state index contributed by atoms with van der Waals surface area (Å²) >= 11 is 1.83. The second kappa shape index (κ2) is 13.4. The Kier molecular flexibility index (Phi) is 7.84. The molecule has 0 spiro atoms. The highest BCUT2D eigenvalue weighted by atomic mass is 32.1. The largest absolute Gasteiger partial charge is 0.228 e. The van der Waals surface area contributed by atoms with E-state index in [-0.39, 0.29) is 5.41 Å². The average Bonchev–Trinajstić information content (AvgIpc) is 3.80. The van der Waals surface area contributed by atoms with Gasteiger partial charge in [0.1, 0.15) is 0 Å². The Morgan fingerprint density at radius 3 is 1.81 bits per heavy atom. The quantitative estimate of drug-likeness (QED) is 0.169. The van der Waals surface area contributed by atoms with Crippen molar-refractivity contribution in [3.8, 4) is 67.3 Å². The van der Waals surface area contributed by atoms with Crippen LogP contribution in [0.15, 0.2) is 200 Å². The van der Waals surface area contributed by atoms with Crippen LogP contribution in [0.1, 0.15) is 23.6 Å². The number of aromatic nitrogens is 2. The van der Waals surface area contributed by atoms with Crippen molar-refractivity contribution in [3.63, 3.8) is 0 Å². The zero-order chi connectivity index (χ0) is 37.9. The van der Waals surface area contributed by atoms with Gasteiger partial charge < -0.3 is 0 Å². The lowest BCUT2D eigenvalue weighted by molar-refractivity contribution is 0.714. The lowest BCUT2D eigenvalue weighted by atomic mass is 9.73. The Morgan fingerprint density at radius 1 is 0.404 bits per heavy atom. The number of thiophene rings is 1. The fourth-order valence-corrected chi connectivity index (χ4v) is 10.2. The first-order valence-corrected chi connectivity index (χ1v) is 20.3. The number of rotatable bonds is 6. The lowest BCUT2D eigenvalue weighted by Gasteiger charge is -2.29. The van der Waals surface area contributed by atoms with Gasteiger partial charge in [0.05, 0.1) is 11.4 Å². The van der Waals surface area contributed by atoms with Gasteiger partial charge in [0.15, 0.2) is 5.82 Å². The topological polar surface area (TPSA) is 25.8 Å².